The van der Waals surface area contributed by atoms with Crippen LogP contribution in [0.2, 0.25) is 0 Å². The largest absolute Gasteiger partial charge is 0.491 e. The number of carbonyl (C=O) groups excluding carboxylic acids is 1. The van der Waals surface area contributed by atoms with Crippen molar-refractivity contribution >= 4 is 5.91 Å². The van der Waals surface area contributed by atoms with Gasteiger partial charge in [-0.3, -0.25) is 4.79 Å². The van der Waals surface area contributed by atoms with Crippen molar-refractivity contribution < 1.29 is 32.2 Å². The van der Waals surface area contributed by atoms with E-state index in [-0.39, 0.29) is 36.6 Å². The zero-order valence-corrected chi connectivity index (χ0v) is 13.7. The van der Waals surface area contributed by atoms with Gasteiger partial charge in [0.25, 0.3) is 0 Å². The topological polar surface area (TPSA) is 71.7 Å². The summed E-state index contributed by atoms with van der Waals surface area (Å²) in [4.78, 5) is 12.0. The fraction of sp³-hybridized carbons (Fsp3) is 0.389. The second kappa shape index (κ2) is 7.41. The van der Waals surface area contributed by atoms with Crippen LogP contribution in [0, 0.1) is 5.92 Å². The minimum Gasteiger partial charge on any atom is -0.491 e. The third kappa shape index (κ3) is 4.57. The number of furan rings is 1. The molecule has 26 heavy (non-hydrogen) atoms. The molecular weight excluding hydrogens is 351 g/mol. The molecule has 2 aromatic rings. The highest BCUT2D eigenvalue weighted by Gasteiger charge is 2.45. The Hall–Kier alpha value is -2.48. The predicted octanol–water partition coefficient (Wildman–Crippen LogP) is 2.96. The number of amides is 1. The molecule has 3 unspecified atom stereocenters. The lowest BCUT2D eigenvalue weighted by Gasteiger charge is -2.14. The first-order valence-corrected chi connectivity index (χ1v) is 8.14. The maximum absolute atomic E-state index is 12.6. The van der Waals surface area contributed by atoms with Crippen LogP contribution in [-0.4, -0.2) is 30.3 Å². The fourth-order valence-corrected chi connectivity index (χ4v) is 2.66. The maximum Gasteiger partial charge on any atom is 0.416 e. The summed E-state index contributed by atoms with van der Waals surface area (Å²) in [5.74, 6) is 0.453. The number of alkyl halides is 3. The highest BCUT2D eigenvalue weighted by Crippen LogP contribution is 2.47. The zero-order valence-electron chi connectivity index (χ0n) is 13.7. The highest BCUT2D eigenvalue weighted by atomic mass is 19.4. The van der Waals surface area contributed by atoms with E-state index in [2.05, 4.69) is 5.32 Å². The highest BCUT2D eigenvalue weighted by molar-refractivity contribution is 5.82. The molecule has 1 aliphatic carbocycles. The molecule has 8 heteroatoms. The van der Waals surface area contributed by atoms with E-state index in [0.29, 0.717) is 6.42 Å². The van der Waals surface area contributed by atoms with E-state index in [4.69, 9.17) is 9.15 Å². The minimum absolute atomic E-state index is 0.00489. The number of halogens is 3. The van der Waals surface area contributed by atoms with Crippen molar-refractivity contribution in [2.24, 2.45) is 5.92 Å². The van der Waals surface area contributed by atoms with Crippen LogP contribution in [0.15, 0.2) is 47.1 Å². The standard InChI is InChI=1S/C18H18F3NO4/c19-18(20,21)11-3-1-4-13(7-11)26-10-12(23)9-22-17(24)15-8-14(15)16-5-2-6-25-16/h1-7,12,14-15,23H,8-10H2,(H,22,24). The van der Waals surface area contributed by atoms with Gasteiger partial charge in [0.1, 0.15) is 24.2 Å². The molecule has 0 aliphatic heterocycles. The van der Waals surface area contributed by atoms with Crippen LogP contribution in [-0.2, 0) is 11.0 Å². The van der Waals surface area contributed by atoms with Crippen LogP contribution < -0.4 is 10.1 Å². The van der Waals surface area contributed by atoms with Crippen molar-refractivity contribution in [1.82, 2.24) is 5.32 Å². The molecule has 0 radical (unpaired) electrons. The SMILES string of the molecule is O=C(NCC(O)COc1cccc(C(F)(F)F)c1)C1CC1c1ccco1. The van der Waals surface area contributed by atoms with Gasteiger partial charge in [-0.25, -0.2) is 0 Å². The molecule has 1 aliphatic rings. The summed E-state index contributed by atoms with van der Waals surface area (Å²) in [5, 5.41) is 12.5. The number of hydrogen-bond acceptors (Lipinski definition) is 4. The number of aliphatic hydroxyl groups is 1. The van der Waals surface area contributed by atoms with Gasteiger partial charge in [-0.05, 0) is 36.8 Å². The summed E-state index contributed by atoms with van der Waals surface area (Å²) in [6, 6.07) is 7.98. The molecule has 1 aromatic heterocycles. The molecule has 3 atom stereocenters. The van der Waals surface area contributed by atoms with Crippen molar-refractivity contribution in [3.8, 4) is 5.75 Å². The maximum atomic E-state index is 12.6. The molecule has 1 aromatic carbocycles. The number of carbonyl (C=O) groups is 1. The Balaban J connectivity index is 1.41. The van der Waals surface area contributed by atoms with Crippen molar-refractivity contribution in [1.29, 1.82) is 0 Å². The number of benzene rings is 1. The molecule has 0 bridgehead atoms. The Kier molecular flexibility index (Phi) is 5.22. The predicted molar refractivity (Wildman–Crippen MR) is 85.5 cm³/mol. The smallest absolute Gasteiger partial charge is 0.416 e. The van der Waals surface area contributed by atoms with Crippen LogP contribution in [0.4, 0.5) is 13.2 Å². The zero-order chi connectivity index (χ0) is 18.7. The molecule has 0 saturated heterocycles. The Morgan fingerprint density at radius 1 is 1.35 bits per heavy atom. The number of hydrogen-bond donors (Lipinski definition) is 2. The van der Waals surface area contributed by atoms with Crippen LogP contribution in [0.1, 0.15) is 23.7 Å². The third-order valence-electron chi connectivity index (χ3n) is 4.15. The van der Waals surface area contributed by atoms with E-state index in [1.807, 2.05) is 6.07 Å². The minimum atomic E-state index is -4.46. The van der Waals surface area contributed by atoms with E-state index in [0.717, 1.165) is 17.9 Å². The summed E-state index contributed by atoms with van der Waals surface area (Å²) >= 11 is 0. The Morgan fingerprint density at radius 3 is 2.85 bits per heavy atom. The van der Waals surface area contributed by atoms with Crippen LogP contribution >= 0.6 is 0 Å². The van der Waals surface area contributed by atoms with Crippen LogP contribution in [0.25, 0.3) is 0 Å². The lowest BCUT2D eigenvalue weighted by Crippen LogP contribution is -2.36. The van der Waals surface area contributed by atoms with Crippen molar-refractivity contribution in [2.45, 2.75) is 24.6 Å². The average molecular weight is 369 g/mol. The van der Waals surface area contributed by atoms with Gasteiger partial charge in [0.05, 0.1) is 11.8 Å². The van der Waals surface area contributed by atoms with E-state index >= 15 is 0 Å². The monoisotopic (exact) mass is 369 g/mol. The van der Waals surface area contributed by atoms with E-state index < -0.39 is 17.8 Å². The lowest BCUT2D eigenvalue weighted by molar-refractivity contribution is -0.137. The van der Waals surface area contributed by atoms with Gasteiger partial charge in [-0.2, -0.15) is 13.2 Å². The Bertz CT molecular complexity index is 745. The van der Waals surface area contributed by atoms with Crippen LogP contribution in [0.3, 0.4) is 0 Å². The second-order valence-corrected chi connectivity index (χ2v) is 6.20. The number of ether oxygens (including phenoxy) is 1. The first-order chi connectivity index (χ1) is 12.3. The number of nitrogens with one attached hydrogen (secondary N) is 1. The number of rotatable bonds is 7. The summed E-state index contributed by atoms with van der Waals surface area (Å²) in [7, 11) is 0. The van der Waals surface area contributed by atoms with E-state index in [1.165, 1.54) is 12.1 Å². The molecule has 5 nitrogen and oxygen atoms in total. The average Bonchev–Trinajstić information content (AvgIpc) is 3.22. The molecule has 1 saturated carbocycles. The van der Waals surface area contributed by atoms with Crippen molar-refractivity contribution in [2.75, 3.05) is 13.2 Å². The lowest BCUT2D eigenvalue weighted by atomic mass is 10.2. The Morgan fingerprint density at radius 2 is 2.15 bits per heavy atom. The van der Waals surface area contributed by atoms with Crippen molar-refractivity contribution in [3.05, 3.63) is 54.0 Å². The summed E-state index contributed by atoms with van der Waals surface area (Å²) in [6.45, 7) is -0.271. The molecule has 2 N–H and O–H groups in total. The van der Waals surface area contributed by atoms with Gasteiger partial charge < -0.3 is 19.6 Å². The first-order valence-electron chi connectivity index (χ1n) is 8.14. The van der Waals surface area contributed by atoms with Gasteiger partial charge in [-0.1, -0.05) is 6.07 Å². The summed E-state index contributed by atoms with van der Waals surface area (Å²) < 4.78 is 48.3. The van der Waals surface area contributed by atoms with Crippen molar-refractivity contribution in [3.63, 3.8) is 0 Å². The van der Waals surface area contributed by atoms with Gasteiger partial charge in [-0.15, -0.1) is 0 Å². The normalized spacial score (nSPS) is 20.5. The van der Waals surface area contributed by atoms with Crippen LogP contribution in [0.5, 0.6) is 5.75 Å². The van der Waals surface area contributed by atoms with Gasteiger partial charge in [0.2, 0.25) is 5.91 Å². The van der Waals surface area contributed by atoms with Gasteiger partial charge in [0.15, 0.2) is 0 Å². The molecule has 1 heterocycles. The first kappa shape index (κ1) is 18.3. The summed E-state index contributed by atoms with van der Waals surface area (Å²) in [6.07, 6.45) is -3.25. The second-order valence-electron chi connectivity index (χ2n) is 6.20. The molecule has 1 amide bonds. The molecule has 1 fully saturated rings. The molecule has 0 spiro atoms. The van der Waals surface area contributed by atoms with Gasteiger partial charge >= 0.3 is 6.18 Å². The summed E-state index contributed by atoms with van der Waals surface area (Å²) in [5.41, 5.74) is -0.824. The molecule has 3 rings (SSSR count). The fourth-order valence-electron chi connectivity index (χ4n) is 2.66. The Labute approximate surface area is 147 Å². The molecular formula is C18H18F3NO4. The van der Waals surface area contributed by atoms with Gasteiger partial charge in [0, 0.05) is 18.4 Å². The number of aliphatic hydroxyl groups excluding tert-OH is 1. The molecule has 140 valence electrons. The third-order valence-corrected chi connectivity index (χ3v) is 4.15. The van der Waals surface area contributed by atoms with E-state index in [1.54, 1.807) is 12.3 Å². The van der Waals surface area contributed by atoms with E-state index in [9.17, 15) is 23.1 Å². The quantitative estimate of drug-likeness (QED) is 0.787.